The number of ketones is 1. The predicted molar refractivity (Wildman–Crippen MR) is 92.1 cm³/mol. The molecule has 2 heteroatoms. The number of carbonyl (C=O) groups is 1. The summed E-state index contributed by atoms with van der Waals surface area (Å²) in [4.78, 5) is 12.4. The molecule has 0 aliphatic rings. The molecule has 0 bridgehead atoms. The van der Waals surface area contributed by atoms with Gasteiger partial charge in [-0.05, 0) is 37.0 Å². The molecule has 0 N–H and O–H groups in total. The van der Waals surface area contributed by atoms with Crippen molar-refractivity contribution in [2.45, 2.75) is 38.2 Å². The number of aryl methyl sites for hydroxylation is 2. The van der Waals surface area contributed by atoms with Crippen LogP contribution in [0.1, 0.15) is 40.9 Å². The van der Waals surface area contributed by atoms with Gasteiger partial charge in [0, 0.05) is 11.3 Å². The van der Waals surface area contributed by atoms with Crippen LogP contribution in [0.25, 0.3) is 0 Å². The third kappa shape index (κ3) is 4.21. The van der Waals surface area contributed by atoms with E-state index in [9.17, 15) is 4.79 Å². The molecule has 21 heavy (non-hydrogen) atoms. The highest BCUT2D eigenvalue weighted by Gasteiger charge is 2.15. The lowest BCUT2D eigenvalue weighted by atomic mass is 10.1. The van der Waals surface area contributed by atoms with Gasteiger partial charge in [-0.3, -0.25) is 4.79 Å². The molecule has 2 aromatic rings. The van der Waals surface area contributed by atoms with Crippen molar-refractivity contribution >= 4 is 17.5 Å². The van der Waals surface area contributed by atoms with Gasteiger partial charge >= 0.3 is 0 Å². The topological polar surface area (TPSA) is 17.1 Å². The van der Waals surface area contributed by atoms with Gasteiger partial charge in [-0.2, -0.15) is 0 Å². The summed E-state index contributed by atoms with van der Waals surface area (Å²) >= 11 is 1.71. The molecule has 0 amide bonds. The van der Waals surface area contributed by atoms with Crippen molar-refractivity contribution in [3.05, 3.63) is 70.8 Å². The summed E-state index contributed by atoms with van der Waals surface area (Å²) in [7, 11) is 0. The Morgan fingerprint density at radius 2 is 1.76 bits per heavy atom. The molecule has 0 saturated heterocycles. The molecule has 0 radical (unpaired) electrons. The summed E-state index contributed by atoms with van der Waals surface area (Å²) in [5, 5.41) is -0.0166. The monoisotopic (exact) mass is 298 g/mol. The van der Waals surface area contributed by atoms with Crippen molar-refractivity contribution in [1.29, 1.82) is 0 Å². The Balaban J connectivity index is 1.97. The Kier molecular flexibility index (Phi) is 5.63. The minimum absolute atomic E-state index is 0.0166. The summed E-state index contributed by atoms with van der Waals surface area (Å²) in [6.07, 6.45) is 1.01. The van der Waals surface area contributed by atoms with Crippen LogP contribution in [-0.4, -0.2) is 11.0 Å². The van der Waals surface area contributed by atoms with Gasteiger partial charge in [0.1, 0.15) is 0 Å². The van der Waals surface area contributed by atoms with Crippen LogP contribution in [0.15, 0.2) is 48.5 Å². The number of rotatable bonds is 6. The number of Topliss-reactive ketones (excluding diaryl/α,β-unsaturated/α-hetero) is 1. The van der Waals surface area contributed by atoms with E-state index in [1.54, 1.807) is 11.8 Å². The van der Waals surface area contributed by atoms with Crippen LogP contribution in [0, 0.1) is 6.92 Å². The van der Waals surface area contributed by atoms with E-state index in [0.717, 1.165) is 17.7 Å². The van der Waals surface area contributed by atoms with E-state index < -0.39 is 0 Å². The molecule has 0 aliphatic heterocycles. The lowest BCUT2D eigenvalue weighted by molar-refractivity contribution is 0.0994. The van der Waals surface area contributed by atoms with E-state index >= 15 is 0 Å². The molecular formula is C19H22OS. The van der Waals surface area contributed by atoms with Crippen LogP contribution in [0.5, 0.6) is 0 Å². The van der Waals surface area contributed by atoms with Crippen molar-refractivity contribution in [3.8, 4) is 0 Å². The lowest BCUT2D eigenvalue weighted by Crippen LogP contribution is -2.14. The maximum Gasteiger partial charge on any atom is 0.175 e. The molecule has 0 spiro atoms. The second kappa shape index (κ2) is 7.46. The second-order valence-corrected chi connectivity index (χ2v) is 6.62. The molecule has 110 valence electrons. The summed E-state index contributed by atoms with van der Waals surface area (Å²) in [6.45, 7) is 6.24. The average Bonchev–Trinajstić information content (AvgIpc) is 2.53. The Labute approximate surface area is 131 Å². The molecule has 0 heterocycles. The second-order valence-electron chi connectivity index (χ2n) is 5.29. The van der Waals surface area contributed by atoms with Gasteiger partial charge in [0.15, 0.2) is 5.78 Å². The highest BCUT2D eigenvalue weighted by atomic mass is 32.2. The smallest absolute Gasteiger partial charge is 0.175 e. The molecule has 1 atom stereocenters. The van der Waals surface area contributed by atoms with E-state index in [2.05, 4.69) is 32.0 Å². The first-order valence-electron chi connectivity index (χ1n) is 7.41. The van der Waals surface area contributed by atoms with E-state index in [1.807, 2.05) is 37.3 Å². The van der Waals surface area contributed by atoms with Crippen LogP contribution in [0.3, 0.4) is 0 Å². The van der Waals surface area contributed by atoms with Gasteiger partial charge < -0.3 is 0 Å². The SMILES string of the molecule is CCc1ccc(C(=O)C(C)SCc2ccccc2C)cc1. The molecule has 2 aromatic carbocycles. The van der Waals surface area contributed by atoms with Gasteiger partial charge in [-0.25, -0.2) is 0 Å². The highest BCUT2D eigenvalue weighted by molar-refractivity contribution is 7.99. The summed E-state index contributed by atoms with van der Waals surface area (Å²) < 4.78 is 0. The largest absolute Gasteiger partial charge is 0.293 e. The van der Waals surface area contributed by atoms with Gasteiger partial charge in [0.2, 0.25) is 0 Å². The quantitative estimate of drug-likeness (QED) is 0.693. The minimum atomic E-state index is -0.0166. The molecule has 0 fully saturated rings. The first-order chi connectivity index (χ1) is 10.1. The van der Waals surface area contributed by atoms with Gasteiger partial charge in [0.25, 0.3) is 0 Å². The predicted octanol–water partition coefficient (Wildman–Crippen LogP) is 5.06. The van der Waals surface area contributed by atoms with Gasteiger partial charge in [0.05, 0.1) is 5.25 Å². The summed E-state index contributed by atoms with van der Waals surface area (Å²) in [5.74, 6) is 1.10. The van der Waals surface area contributed by atoms with Crippen molar-refractivity contribution in [2.75, 3.05) is 0 Å². The standard InChI is InChI=1S/C19H22OS/c1-4-16-9-11-17(12-10-16)19(20)15(3)21-13-18-8-6-5-7-14(18)2/h5-12,15H,4,13H2,1-3H3. The van der Waals surface area contributed by atoms with Crippen molar-refractivity contribution in [2.24, 2.45) is 0 Å². The third-order valence-electron chi connectivity index (χ3n) is 3.77. The number of hydrogen-bond acceptors (Lipinski definition) is 2. The van der Waals surface area contributed by atoms with Crippen molar-refractivity contribution in [1.82, 2.24) is 0 Å². The average molecular weight is 298 g/mol. The van der Waals surface area contributed by atoms with Crippen LogP contribution in [0.2, 0.25) is 0 Å². The van der Waals surface area contributed by atoms with Crippen molar-refractivity contribution < 1.29 is 4.79 Å². The van der Waals surface area contributed by atoms with E-state index in [0.29, 0.717) is 0 Å². The first kappa shape index (κ1) is 15.8. The Morgan fingerprint density at radius 3 is 2.38 bits per heavy atom. The zero-order chi connectivity index (χ0) is 15.2. The van der Waals surface area contributed by atoms with Crippen LogP contribution in [-0.2, 0) is 12.2 Å². The lowest BCUT2D eigenvalue weighted by Gasteiger charge is -2.12. The molecule has 0 saturated carbocycles. The summed E-state index contributed by atoms with van der Waals surface area (Å²) in [6, 6.07) is 16.4. The number of carbonyl (C=O) groups excluding carboxylic acids is 1. The van der Waals surface area contributed by atoms with Crippen LogP contribution >= 0.6 is 11.8 Å². The highest BCUT2D eigenvalue weighted by Crippen LogP contribution is 2.23. The molecule has 2 rings (SSSR count). The zero-order valence-corrected chi connectivity index (χ0v) is 13.7. The number of hydrogen-bond donors (Lipinski definition) is 0. The Hall–Kier alpha value is -1.54. The molecule has 1 unspecified atom stereocenters. The molecule has 0 aliphatic carbocycles. The van der Waals surface area contributed by atoms with E-state index in [-0.39, 0.29) is 11.0 Å². The van der Waals surface area contributed by atoms with Gasteiger partial charge in [-0.15, -0.1) is 11.8 Å². The molecule has 1 nitrogen and oxygen atoms in total. The Bertz CT molecular complexity index is 601. The van der Waals surface area contributed by atoms with E-state index in [1.165, 1.54) is 16.7 Å². The molecular weight excluding hydrogens is 276 g/mol. The fraction of sp³-hybridized carbons (Fsp3) is 0.316. The fourth-order valence-corrected chi connectivity index (χ4v) is 3.24. The minimum Gasteiger partial charge on any atom is -0.293 e. The Morgan fingerprint density at radius 1 is 1.10 bits per heavy atom. The van der Waals surface area contributed by atoms with E-state index in [4.69, 9.17) is 0 Å². The number of thioether (sulfide) groups is 1. The number of benzene rings is 2. The third-order valence-corrected chi connectivity index (χ3v) is 4.96. The zero-order valence-electron chi connectivity index (χ0n) is 12.9. The molecule has 0 aromatic heterocycles. The fourth-order valence-electron chi connectivity index (χ4n) is 2.20. The first-order valence-corrected chi connectivity index (χ1v) is 8.46. The van der Waals surface area contributed by atoms with Gasteiger partial charge in [-0.1, -0.05) is 55.5 Å². The van der Waals surface area contributed by atoms with Crippen LogP contribution < -0.4 is 0 Å². The summed E-state index contributed by atoms with van der Waals surface area (Å²) in [5.41, 5.74) is 4.68. The van der Waals surface area contributed by atoms with Crippen molar-refractivity contribution in [3.63, 3.8) is 0 Å². The van der Waals surface area contributed by atoms with Crippen LogP contribution in [0.4, 0.5) is 0 Å². The maximum atomic E-state index is 12.4. The normalized spacial score (nSPS) is 12.1. The maximum absolute atomic E-state index is 12.4.